The van der Waals surface area contributed by atoms with Gasteiger partial charge in [0.25, 0.3) is 5.91 Å². The first kappa shape index (κ1) is 20.7. The number of nitrogens with one attached hydrogen (secondary N) is 1. The van der Waals surface area contributed by atoms with Gasteiger partial charge in [-0.15, -0.1) is 0 Å². The number of anilines is 1. The monoisotopic (exact) mass is 458 g/mol. The van der Waals surface area contributed by atoms with Crippen molar-refractivity contribution in [3.63, 3.8) is 0 Å². The fraction of sp³-hybridized carbons (Fsp3) is 0.0870. The summed E-state index contributed by atoms with van der Waals surface area (Å²) in [5.74, 6) is 0.0496. The number of carbonyl (C=O) groups is 1. The fourth-order valence-corrected chi connectivity index (χ4v) is 3.77. The molecule has 0 saturated carbocycles. The number of hydrogen-bond donors (Lipinski definition) is 2. The summed E-state index contributed by atoms with van der Waals surface area (Å²) in [5, 5.41) is 7.49. The molecule has 3 aromatic heterocycles. The van der Waals surface area contributed by atoms with Crippen LogP contribution in [0.15, 0.2) is 73.4 Å². The summed E-state index contributed by atoms with van der Waals surface area (Å²) in [6.45, 7) is 0.795. The fourth-order valence-electron chi connectivity index (χ4n) is 3.55. The van der Waals surface area contributed by atoms with Crippen molar-refractivity contribution in [1.82, 2.24) is 34.6 Å². The van der Waals surface area contributed by atoms with Crippen molar-refractivity contribution in [1.29, 1.82) is 0 Å². The number of carbonyl (C=O) groups excluding carboxylic acids is 1. The van der Waals surface area contributed by atoms with Gasteiger partial charge in [0, 0.05) is 12.2 Å². The van der Waals surface area contributed by atoms with E-state index in [9.17, 15) is 4.79 Å². The van der Waals surface area contributed by atoms with Crippen molar-refractivity contribution < 1.29 is 4.79 Å². The number of amides is 1. The summed E-state index contributed by atoms with van der Waals surface area (Å²) in [7, 11) is 0. The van der Waals surface area contributed by atoms with E-state index < -0.39 is 0 Å². The summed E-state index contributed by atoms with van der Waals surface area (Å²) < 4.78 is 3.44. The van der Waals surface area contributed by atoms with Gasteiger partial charge in [-0.3, -0.25) is 14.0 Å². The number of rotatable bonds is 6. The third-order valence-corrected chi connectivity index (χ3v) is 5.49. The van der Waals surface area contributed by atoms with Crippen molar-refractivity contribution in [2.24, 2.45) is 0 Å². The van der Waals surface area contributed by atoms with Gasteiger partial charge in [0.1, 0.15) is 18.3 Å². The number of aromatic nitrogens is 6. The van der Waals surface area contributed by atoms with Crippen LogP contribution in [-0.4, -0.2) is 35.2 Å². The molecule has 0 atom stereocenters. The van der Waals surface area contributed by atoms with Crippen molar-refractivity contribution in [2.75, 3.05) is 5.73 Å². The lowest BCUT2D eigenvalue weighted by atomic mass is 10.2. The highest BCUT2D eigenvalue weighted by molar-refractivity contribution is 6.33. The molecule has 10 heteroatoms. The molecule has 0 fully saturated rings. The van der Waals surface area contributed by atoms with E-state index in [0.717, 1.165) is 16.8 Å². The maximum absolute atomic E-state index is 12.8. The molecule has 0 unspecified atom stereocenters. The van der Waals surface area contributed by atoms with E-state index in [1.165, 1.54) is 12.5 Å². The zero-order chi connectivity index (χ0) is 22.8. The van der Waals surface area contributed by atoms with Gasteiger partial charge in [0.2, 0.25) is 0 Å². The number of nitrogen functional groups attached to an aromatic ring is 1. The number of hydrogen-bond acceptors (Lipinski definition) is 6. The van der Waals surface area contributed by atoms with Crippen LogP contribution in [0.25, 0.3) is 16.9 Å². The van der Waals surface area contributed by atoms with E-state index in [1.54, 1.807) is 11.0 Å². The molecule has 0 aliphatic carbocycles. The summed E-state index contributed by atoms with van der Waals surface area (Å²) in [6, 6.07) is 17.5. The number of nitrogens with two attached hydrogens (primary N) is 1. The molecule has 3 N–H and O–H groups in total. The van der Waals surface area contributed by atoms with Crippen molar-refractivity contribution in [2.45, 2.75) is 13.1 Å². The molecule has 1 amide bonds. The van der Waals surface area contributed by atoms with Gasteiger partial charge < -0.3 is 11.1 Å². The van der Waals surface area contributed by atoms with Gasteiger partial charge in [-0.1, -0.05) is 54.1 Å². The second kappa shape index (κ2) is 8.71. The van der Waals surface area contributed by atoms with Crippen LogP contribution in [-0.2, 0) is 13.1 Å². The Hall–Kier alpha value is -4.24. The van der Waals surface area contributed by atoms with Crippen LogP contribution >= 0.6 is 11.6 Å². The topological polar surface area (TPSA) is 117 Å². The predicted molar refractivity (Wildman–Crippen MR) is 125 cm³/mol. The Morgan fingerprint density at radius 2 is 1.79 bits per heavy atom. The van der Waals surface area contributed by atoms with E-state index >= 15 is 0 Å². The SMILES string of the molecule is Nc1ncnc2c1ncn2-c1ccc(CNC(=O)c2c(Cl)cnn2Cc2ccccc2)cc1. The molecule has 0 saturated heterocycles. The van der Waals surface area contributed by atoms with E-state index in [1.807, 2.05) is 59.2 Å². The molecule has 9 nitrogen and oxygen atoms in total. The molecule has 0 aliphatic heterocycles. The van der Waals surface area contributed by atoms with Crippen molar-refractivity contribution in [3.8, 4) is 5.69 Å². The minimum Gasteiger partial charge on any atom is -0.382 e. The number of halogens is 1. The van der Waals surface area contributed by atoms with Crippen LogP contribution in [0.3, 0.4) is 0 Å². The first-order valence-electron chi connectivity index (χ1n) is 10.2. The molecule has 0 radical (unpaired) electrons. The van der Waals surface area contributed by atoms with E-state index in [0.29, 0.717) is 40.8 Å². The van der Waals surface area contributed by atoms with Crippen LogP contribution in [0.2, 0.25) is 5.02 Å². The summed E-state index contributed by atoms with van der Waals surface area (Å²) in [6.07, 6.45) is 4.55. The third-order valence-electron chi connectivity index (χ3n) is 5.21. The molecular weight excluding hydrogens is 440 g/mol. The maximum Gasteiger partial charge on any atom is 0.271 e. The van der Waals surface area contributed by atoms with Gasteiger partial charge in [0.05, 0.1) is 17.8 Å². The molecule has 0 aliphatic rings. The largest absolute Gasteiger partial charge is 0.382 e. The van der Waals surface area contributed by atoms with Crippen LogP contribution in [0.5, 0.6) is 0 Å². The van der Waals surface area contributed by atoms with Gasteiger partial charge in [-0.05, 0) is 23.3 Å². The Balaban J connectivity index is 1.29. The van der Waals surface area contributed by atoms with Gasteiger partial charge in [-0.25, -0.2) is 15.0 Å². The Morgan fingerprint density at radius 3 is 2.58 bits per heavy atom. The van der Waals surface area contributed by atoms with Crippen molar-refractivity contribution >= 4 is 34.5 Å². The molecule has 0 bridgehead atoms. The first-order valence-corrected chi connectivity index (χ1v) is 10.5. The molecule has 5 aromatic rings. The Morgan fingerprint density at radius 1 is 1.00 bits per heavy atom. The number of nitrogens with zero attached hydrogens (tertiary/aromatic N) is 6. The average Bonchev–Trinajstić information content (AvgIpc) is 3.43. The number of imidazole rings is 1. The smallest absolute Gasteiger partial charge is 0.271 e. The van der Waals surface area contributed by atoms with Gasteiger partial charge >= 0.3 is 0 Å². The molecule has 33 heavy (non-hydrogen) atoms. The summed E-state index contributed by atoms with van der Waals surface area (Å²) in [4.78, 5) is 25.4. The summed E-state index contributed by atoms with van der Waals surface area (Å²) >= 11 is 6.25. The molecular formula is C23H19ClN8O. The van der Waals surface area contributed by atoms with Gasteiger partial charge in [-0.2, -0.15) is 5.10 Å². The molecule has 164 valence electrons. The number of benzene rings is 2. The minimum absolute atomic E-state index is 0.287. The van der Waals surface area contributed by atoms with Crippen LogP contribution in [0.1, 0.15) is 21.6 Å². The molecule has 2 aromatic carbocycles. The van der Waals surface area contributed by atoms with Crippen LogP contribution < -0.4 is 11.1 Å². The Bertz CT molecular complexity index is 1430. The summed E-state index contributed by atoms with van der Waals surface area (Å²) in [5.41, 5.74) is 10.2. The maximum atomic E-state index is 12.8. The normalized spacial score (nSPS) is 11.1. The lowest BCUT2D eigenvalue weighted by Gasteiger charge is -2.10. The highest BCUT2D eigenvalue weighted by Gasteiger charge is 2.17. The highest BCUT2D eigenvalue weighted by Crippen LogP contribution is 2.20. The lowest BCUT2D eigenvalue weighted by Crippen LogP contribution is -2.26. The number of fused-ring (bicyclic) bond motifs is 1. The molecule has 5 rings (SSSR count). The zero-order valence-corrected chi connectivity index (χ0v) is 18.1. The Kier molecular flexibility index (Phi) is 5.45. The standard InChI is InChI=1S/C23H19ClN8O/c24-18-11-30-32(12-16-4-2-1-3-5-16)20(18)23(33)26-10-15-6-8-17(9-7-15)31-14-29-19-21(25)27-13-28-22(19)31/h1-9,11,13-14H,10,12H2,(H,26,33)(H2,25,27,28). The lowest BCUT2D eigenvalue weighted by molar-refractivity contribution is 0.0940. The second-order valence-electron chi connectivity index (χ2n) is 7.38. The van der Waals surface area contributed by atoms with E-state index in [2.05, 4.69) is 25.4 Å². The van der Waals surface area contributed by atoms with Crippen LogP contribution in [0, 0.1) is 0 Å². The van der Waals surface area contributed by atoms with E-state index in [-0.39, 0.29) is 5.91 Å². The quantitative estimate of drug-likeness (QED) is 0.403. The zero-order valence-electron chi connectivity index (χ0n) is 17.4. The minimum atomic E-state index is -0.287. The average molecular weight is 459 g/mol. The second-order valence-corrected chi connectivity index (χ2v) is 7.79. The highest BCUT2D eigenvalue weighted by atomic mass is 35.5. The van der Waals surface area contributed by atoms with Gasteiger partial charge in [0.15, 0.2) is 17.0 Å². The van der Waals surface area contributed by atoms with E-state index in [4.69, 9.17) is 17.3 Å². The Labute approximate surface area is 193 Å². The first-order chi connectivity index (χ1) is 16.1. The third kappa shape index (κ3) is 4.13. The van der Waals surface area contributed by atoms with Crippen molar-refractivity contribution in [3.05, 3.63) is 95.3 Å². The molecule has 3 heterocycles. The van der Waals surface area contributed by atoms with Crippen LogP contribution in [0.4, 0.5) is 5.82 Å². The predicted octanol–water partition coefficient (Wildman–Crippen LogP) is 3.23. The molecule has 0 spiro atoms.